The van der Waals surface area contributed by atoms with Gasteiger partial charge in [0.05, 0.1) is 7.11 Å². The summed E-state index contributed by atoms with van der Waals surface area (Å²) < 4.78 is 10.1. The number of hydrogen-bond donors (Lipinski definition) is 2. The zero-order chi connectivity index (χ0) is 16.2. The molecular formula is C17H16N2O4. The Hall–Kier alpha value is -3.02. The normalized spacial score (nSPS) is 10.7. The lowest BCUT2D eigenvalue weighted by Gasteiger charge is -2.04. The van der Waals surface area contributed by atoms with Gasteiger partial charge in [0.2, 0.25) is 0 Å². The Balaban J connectivity index is 1.67. The number of amides is 1. The fraction of sp³-hybridized carbons (Fsp3) is 0.176. The van der Waals surface area contributed by atoms with Crippen LogP contribution in [0.3, 0.4) is 0 Å². The van der Waals surface area contributed by atoms with Crippen LogP contribution in [0.2, 0.25) is 0 Å². The van der Waals surface area contributed by atoms with E-state index in [0.29, 0.717) is 13.0 Å². The average Bonchev–Trinajstić information content (AvgIpc) is 2.97. The molecule has 0 unspecified atom stereocenters. The second-order valence-corrected chi connectivity index (χ2v) is 5.04. The van der Waals surface area contributed by atoms with Crippen LogP contribution in [0.25, 0.3) is 10.9 Å². The highest BCUT2D eigenvalue weighted by Crippen LogP contribution is 2.23. The molecule has 0 atom stereocenters. The first-order valence-electron chi connectivity index (χ1n) is 7.20. The van der Waals surface area contributed by atoms with Gasteiger partial charge in [-0.3, -0.25) is 4.79 Å². The summed E-state index contributed by atoms with van der Waals surface area (Å²) in [6, 6.07) is 10.0. The minimum absolute atomic E-state index is 0.0121. The van der Waals surface area contributed by atoms with E-state index in [9.17, 15) is 9.59 Å². The molecule has 2 N–H and O–H groups in total. The van der Waals surface area contributed by atoms with E-state index in [2.05, 4.69) is 10.3 Å². The third-order valence-electron chi connectivity index (χ3n) is 3.57. The molecule has 0 saturated carbocycles. The van der Waals surface area contributed by atoms with Crippen molar-refractivity contribution in [1.29, 1.82) is 0 Å². The zero-order valence-electron chi connectivity index (χ0n) is 12.6. The third kappa shape index (κ3) is 3.26. The Bertz CT molecular complexity index is 895. The summed E-state index contributed by atoms with van der Waals surface area (Å²) >= 11 is 0. The largest absolute Gasteiger partial charge is 0.497 e. The van der Waals surface area contributed by atoms with Crippen molar-refractivity contribution in [2.24, 2.45) is 0 Å². The molecule has 2 aromatic heterocycles. The molecule has 0 saturated heterocycles. The molecule has 3 rings (SSSR count). The Morgan fingerprint density at radius 3 is 2.96 bits per heavy atom. The highest BCUT2D eigenvalue weighted by Gasteiger charge is 2.09. The molecule has 6 nitrogen and oxygen atoms in total. The molecule has 0 spiro atoms. The monoisotopic (exact) mass is 312 g/mol. The lowest BCUT2D eigenvalue weighted by Crippen LogP contribution is -2.26. The van der Waals surface area contributed by atoms with Crippen molar-refractivity contribution in [3.8, 4) is 5.75 Å². The van der Waals surface area contributed by atoms with Crippen LogP contribution >= 0.6 is 0 Å². The van der Waals surface area contributed by atoms with E-state index in [1.807, 2.05) is 24.4 Å². The molecule has 23 heavy (non-hydrogen) atoms. The van der Waals surface area contributed by atoms with Gasteiger partial charge in [-0.25, -0.2) is 4.79 Å². The Kier molecular flexibility index (Phi) is 4.14. The number of ether oxygens (including phenoxy) is 1. The predicted octanol–water partition coefficient (Wildman–Crippen LogP) is 2.10. The van der Waals surface area contributed by atoms with Crippen molar-refractivity contribution in [2.45, 2.75) is 6.42 Å². The molecule has 0 radical (unpaired) electrons. The molecule has 0 aliphatic carbocycles. The standard InChI is InChI=1S/C17H16N2O4/c1-22-12-5-6-14-13(9-12)11(10-19-14)7-8-18-17(21)15-3-2-4-16(20)23-15/h2-6,9-10,19H,7-8H2,1H3,(H,18,21). The molecule has 0 fully saturated rings. The lowest BCUT2D eigenvalue weighted by atomic mass is 10.1. The van der Waals surface area contributed by atoms with Crippen LogP contribution in [0, 0.1) is 0 Å². The van der Waals surface area contributed by atoms with E-state index >= 15 is 0 Å². The van der Waals surface area contributed by atoms with E-state index in [0.717, 1.165) is 22.2 Å². The fourth-order valence-electron chi connectivity index (χ4n) is 2.40. The van der Waals surface area contributed by atoms with Crippen LogP contribution in [-0.4, -0.2) is 24.5 Å². The van der Waals surface area contributed by atoms with Crippen molar-refractivity contribution in [2.75, 3.05) is 13.7 Å². The van der Waals surface area contributed by atoms with Gasteiger partial charge in [0.25, 0.3) is 5.91 Å². The highest BCUT2D eigenvalue weighted by atomic mass is 16.5. The third-order valence-corrected chi connectivity index (χ3v) is 3.57. The molecule has 0 bridgehead atoms. The smallest absolute Gasteiger partial charge is 0.336 e. The van der Waals surface area contributed by atoms with Crippen molar-refractivity contribution in [3.63, 3.8) is 0 Å². The van der Waals surface area contributed by atoms with E-state index in [1.165, 1.54) is 18.2 Å². The molecular weight excluding hydrogens is 296 g/mol. The first-order valence-corrected chi connectivity index (χ1v) is 7.20. The number of methoxy groups -OCH3 is 1. The van der Waals surface area contributed by atoms with Gasteiger partial charge in [-0.05, 0) is 36.2 Å². The Morgan fingerprint density at radius 2 is 2.17 bits per heavy atom. The van der Waals surface area contributed by atoms with Crippen molar-refractivity contribution in [3.05, 3.63) is 64.3 Å². The lowest BCUT2D eigenvalue weighted by molar-refractivity contribution is 0.0922. The van der Waals surface area contributed by atoms with Crippen LogP contribution in [0.15, 0.2) is 51.8 Å². The minimum Gasteiger partial charge on any atom is -0.497 e. The molecule has 2 heterocycles. The van der Waals surface area contributed by atoms with Crippen molar-refractivity contribution >= 4 is 16.8 Å². The van der Waals surface area contributed by atoms with E-state index in [1.54, 1.807) is 7.11 Å². The summed E-state index contributed by atoms with van der Waals surface area (Å²) in [7, 11) is 1.63. The van der Waals surface area contributed by atoms with Gasteiger partial charge in [0.1, 0.15) is 5.75 Å². The maximum Gasteiger partial charge on any atom is 0.336 e. The molecule has 1 amide bonds. The number of H-pyrrole nitrogens is 1. The van der Waals surface area contributed by atoms with Crippen LogP contribution in [0.1, 0.15) is 16.1 Å². The Morgan fingerprint density at radius 1 is 1.30 bits per heavy atom. The topological polar surface area (TPSA) is 84.3 Å². The van der Waals surface area contributed by atoms with Crippen LogP contribution < -0.4 is 15.7 Å². The van der Waals surface area contributed by atoms with Crippen LogP contribution in [0.4, 0.5) is 0 Å². The molecule has 118 valence electrons. The molecule has 1 aromatic carbocycles. The second-order valence-electron chi connectivity index (χ2n) is 5.04. The summed E-state index contributed by atoms with van der Waals surface area (Å²) in [4.78, 5) is 26.2. The van der Waals surface area contributed by atoms with Gasteiger partial charge in [0, 0.05) is 29.7 Å². The summed E-state index contributed by atoms with van der Waals surface area (Å²) in [6.45, 7) is 0.432. The first kappa shape index (κ1) is 14.9. The van der Waals surface area contributed by atoms with Crippen LogP contribution in [0.5, 0.6) is 5.75 Å². The van der Waals surface area contributed by atoms with Crippen molar-refractivity contribution < 1.29 is 13.9 Å². The molecule has 6 heteroatoms. The highest BCUT2D eigenvalue weighted by molar-refractivity contribution is 5.91. The number of aromatic nitrogens is 1. The van der Waals surface area contributed by atoms with Gasteiger partial charge < -0.3 is 19.5 Å². The van der Waals surface area contributed by atoms with Gasteiger partial charge in [-0.15, -0.1) is 0 Å². The number of carbonyl (C=O) groups is 1. The summed E-state index contributed by atoms with van der Waals surface area (Å²) in [5.41, 5.74) is 1.55. The summed E-state index contributed by atoms with van der Waals surface area (Å²) in [5, 5.41) is 3.80. The molecule has 0 aliphatic heterocycles. The Labute approximate surface area is 132 Å². The quantitative estimate of drug-likeness (QED) is 0.755. The maximum absolute atomic E-state index is 11.9. The van der Waals surface area contributed by atoms with Gasteiger partial charge in [0.15, 0.2) is 5.76 Å². The zero-order valence-corrected chi connectivity index (χ0v) is 12.6. The second kappa shape index (κ2) is 6.39. The summed E-state index contributed by atoms with van der Waals surface area (Å²) in [5.74, 6) is 0.395. The number of nitrogens with one attached hydrogen (secondary N) is 2. The van der Waals surface area contributed by atoms with Gasteiger partial charge in [-0.2, -0.15) is 0 Å². The van der Waals surface area contributed by atoms with E-state index in [4.69, 9.17) is 9.15 Å². The van der Waals surface area contributed by atoms with Gasteiger partial charge >= 0.3 is 5.63 Å². The molecule has 3 aromatic rings. The number of benzene rings is 1. The SMILES string of the molecule is COc1ccc2[nH]cc(CCNC(=O)c3cccc(=O)o3)c2c1. The van der Waals surface area contributed by atoms with Gasteiger partial charge in [-0.1, -0.05) is 6.07 Å². The first-order chi connectivity index (χ1) is 11.2. The fourth-order valence-corrected chi connectivity index (χ4v) is 2.40. The van der Waals surface area contributed by atoms with E-state index < -0.39 is 11.5 Å². The summed E-state index contributed by atoms with van der Waals surface area (Å²) in [6.07, 6.45) is 2.56. The molecule has 0 aliphatic rings. The van der Waals surface area contributed by atoms with E-state index in [-0.39, 0.29) is 5.76 Å². The number of rotatable bonds is 5. The minimum atomic E-state index is -0.540. The number of aromatic amines is 1. The number of hydrogen-bond acceptors (Lipinski definition) is 4. The predicted molar refractivity (Wildman–Crippen MR) is 85.9 cm³/mol. The number of fused-ring (bicyclic) bond motifs is 1. The van der Waals surface area contributed by atoms with Crippen molar-refractivity contribution in [1.82, 2.24) is 10.3 Å². The average molecular weight is 312 g/mol. The maximum atomic E-state index is 11.9. The van der Waals surface area contributed by atoms with Crippen LogP contribution in [-0.2, 0) is 6.42 Å². The number of carbonyl (C=O) groups excluding carboxylic acids is 1.